The highest BCUT2D eigenvalue weighted by molar-refractivity contribution is 5.86. The first-order chi connectivity index (χ1) is 19.3. The van der Waals surface area contributed by atoms with Crippen molar-refractivity contribution in [2.75, 3.05) is 19.6 Å². The van der Waals surface area contributed by atoms with Crippen LogP contribution >= 0.6 is 0 Å². The van der Waals surface area contributed by atoms with Gasteiger partial charge in [-0.1, -0.05) is 5.16 Å². The van der Waals surface area contributed by atoms with E-state index in [9.17, 15) is 32.3 Å². The largest absolute Gasteiger partial charge is 0.490 e. The van der Waals surface area contributed by atoms with E-state index in [2.05, 4.69) is 15.0 Å². The van der Waals surface area contributed by atoms with E-state index in [4.69, 9.17) is 14.4 Å². The highest BCUT2D eigenvalue weighted by Crippen LogP contribution is 2.33. The number of aryl methyl sites for hydroxylation is 2. The Morgan fingerprint density at radius 3 is 2.49 bits per heavy atom. The van der Waals surface area contributed by atoms with Gasteiger partial charge in [-0.05, 0) is 64.3 Å². The van der Waals surface area contributed by atoms with Gasteiger partial charge in [-0.3, -0.25) is 9.36 Å². The second-order valence-electron chi connectivity index (χ2n) is 9.94. The van der Waals surface area contributed by atoms with Gasteiger partial charge >= 0.3 is 18.1 Å². The van der Waals surface area contributed by atoms with Crippen LogP contribution in [0.15, 0.2) is 33.6 Å². The summed E-state index contributed by atoms with van der Waals surface area (Å²) in [6, 6.07) is 4.53. The number of hydrogen-bond donors (Lipinski definition) is 2. The zero-order valence-corrected chi connectivity index (χ0v) is 22.1. The molecule has 14 heteroatoms. The van der Waals surface area contributed by atoms with E-state index in [0.717, 1.165) is 61.7 Å². The number of aliphatic carboxylic acids is 2. The monoisotopic (exact) mass is 580 g/mol. The first-order valence-electron chi connectivity index (χ1n) is 13.0. The molecular weight excluding hydrogens is 552 g/mol. The number of fused-ring (bicyclic) bond motifs is 2. The molecule has 2 aliphatic heterocycles. The lowest BCUT2D eigenvalue weighted by Crippen LogP contribution is -2.37. The first-order valence-corrected chi connectivity index (χ1v) is 13.0. The van der Waals surface area contributed by atoms with Crippen LogP contribution in [-0.2, 0) is 22.4 Å². The number of piperidine rings is 1. The molecule has 0 unspecified atom stereocenters. The lowest BCUT2D eigenvalue weighted by atomic mass is 9.91. The molecule has 0 radical (unpaired) electrons. The molecule has 0 aliphatic carbocycles. The molecule has 2 N–H and O–H groups in total. The van der Waals surface area contributed by atoms with Gasteiger partial charge in [-0.2, -0.15) is 13.2 Å². The van der Waals surface area contributed by atoms with Gasteiger partial charge in [-0.25, -0.2) is 19.0 Å². The smallest absolute Gasteiger partial charge is 0.478 e. The van der Waals surface area contributed by atoms with Gasteiger partial charge in [0.05, 0.1) is 5.69 Å². The van der Waals surface area contributed by atoms with E-state index in [1.54, 1.807) is 6.07 Å². The fourth-order valence-electron chi connectivity index (χ4n) is 5.21. The van der Waals surface area contributed by atoms with Crippen molar-refractivity contribution in [1.82, 2.24) is 19.6 Å². The Kier molecular flexibility index (Phi) is 8.90. The zero-order valence-electron chi connectivity index (χ0n) is 22.1. The summed E-state index contributed by atoms with van der Waals surface area (Å²) in [7, 11) is 0. The molecule has 0 spiro atoms. The Balaban J connectivity index is 0.000000493. The van der Waals surface area contributed by atoms with Crippen LogP contribution in [-0.4, -0.2) is 67.6 Å². The fourth-order valence-corrected chi connectivity index (χ4v) is 5.21. The van der Waals surface area contributed by atoms with Gasteiger partial charge in [0.2, 0.25) is 0 Å². The lowest BCUT2D eigenvalue weighted by molar-refractivity contribution is -0.192. The third-order valence-electron chi connectivity index (χ3n) is 7.22. The standard InChI is InChI=1S/C25H27FN4O4.C2HF3O2/c1-15-19(25(33)30-18(14-23(31)32)3-2-4-22(30)27-15)9-12-29-10-7-16(8-11-29)24-20-6-5-17(26)13-21(20)34-28-24;3-2(4,5)1(6)7/h5-6,13-14,16H,2-4,7-12H2,1H3,(H,31,32);(H,6,7)/b18-14+;. The van der Waals surface area contributed by atoms with Gasteiger partial charge in [0, 0.05) is 53.4 Å². The third-order valence-corrected chi connectivity index (χ3v) is 7.22. The number of nitrogens with zero attached hydrogens (tertiary/aromatic N) is 4. The van der Waals surface area contributed by atoms with Crippen LogP contribution in [0.4, 0.5) is 17.6 Å². The molecule has 2 aromatic heterocycles. The van der Waals surface area contributed by atoms with Crippen molar-refractivity contribution in [1.29, 1.82) is 0 Å². The molecule has 41 heavy (non-hydrogen) atoms. The van der Waals surface area contributed by atoms with Crippen LogP contribution in [0, 0.1) is 12.7 Å². The summed E-state index contributed by atoms with van der Waals surface area (Å²) >= 11 is 0. The molecule has 3 aromatic rings. The first kappa shape index (κ1) is 29.9. The van der Waals surface area contributed by atoms with Crippen LogP contribution in [0.25, 0.3) is 16.7 Å². The molecule has 2 aliphatic rings. The minimum Gasteiger partial charge on any atom is -0.478 e. The maximum Gasteiger partial charge on any atom is 0.490 e. The van der Waals surface area contributed by atoms with Crippen molar-refractivity contribution in [3.8, 4) is 0 Å². The number of benzene rings is 1. The van der Waals surface area contributed by atoms with Crippen LogP contribution < -0.4 is 5.56 Å². The second kappa shape index (κ2) is 12.2. The Bertz CT molecular complexity index is 1540. The minimum atomic E-state index is -5.08. The van der Waals surface area contributed by atoms with Crippen molar-refractivity contribution >= 4 is 28.6 Å². The summed E-state index contributed by atoms with van der Waals surface area (Å²) in [5, 5.41) is 21.4. The van der Waals surface area contributed by atoms with Crippen LogP contribution in [0.1, 0.15) is 54.4 Å². The Morgan fingerprint density at radius 1 is 1.17 bits per heavy atom. The van der Waals surface area contributed by atoms with E-state index >= 15 is 0 Å². The molecular formula is C27H28F4N4O6. The van der Waals surface area contributed by atoms with Crippen LogP contribution in [0.2, 0.25) is 0 Å². The van der Waals surface area contributed by atoms with E-state index in [-0.39, 0.29) is 17.3 Å². The van der Waals surface area contributed by atoms with E-state index in [1.807, 2.05) is 6.92 Å². The van der Waals surface area contributed by atoms with Gasteiger partial charge in [0.15, 0.2) is 5.58 Å². The topological polar surface area (TPSA) is 139 Å². The van der Waals surface area contributed by atoms with E-state index in [0.29, 0.717) is 41.9 Å². The van der Waals surface area contributed by atoms with Crippen molar-refractivity contribution in [2.45, 2.75) is 57.5 Å². The Morgan fingerprint density at radius 2 is 1.85 bits per heavy atom. The molecule has 0 atom stereocenters. The molecule has 220 valence electrons. The predicted molar refractivity (Wildman–Crippen MR) is 138 cm³/mol. The van der Waals surface area contributed by atoms with Crippen LogP contribution in [0.3, 0.4) is 0 Å². The maximum atomic E-state index is 13.4. The Labute approximate surface area is 230 Å². The maximum absolute atomic E-state index is 13.4. The third kappa shape index (κ3) is 6.99. The highest BCUT2D eigenvalue weighted by Gasteiger charge is 2.38. The van der Waals surface area contributed by atoms with Gasteiger partial charge in [-0.15, -0.1) is 0 Å². The van der Waals surface area contributed by atoms with Crippen molar-refractivity contribution in [2.24, 2.45) is 0 Å². The number of carbonyl (C=O) groups is 2. The normalized spacial score (nSPS) is 17.2. The minimum absolute atomic E-state index is 0.147. The number of alkyl halides is 3. The molecule has 5 rings (SSSR count). The average Bonchev–Trinajstić information content (AvgIpc) is 3.31. The number of rotatable bonds is 5. The van der Waals surface area contributed by atoms with Crippen molar-refractivity contribution in [3.63, 3.8) is 0 Å². The number of halogens is 4. The molecule has 4 heterocycles. The second-order valence-corrected chi connectivity index (χ2v) is 9.94. The fraction of sp³-hybridized carbons (Fsp3) is 0.444. The lowest BCUT2D eigenvalue weighted by Gasteiger charge is -2.31. The summed E-state index contributed by atoms with van der Waals surface area (Å²) in [6.45, 7) is 4.32. The number of aromatic nitrogens is 3. The number of hydrogen-bond acceptors (Lipinski definition) is 7. The number of likely N-dealkylation sites (tertiary alicyclic amines) is 1. The molecule has 0 amide bonds. The molecule has 1 saturated heterocycles. The van der Waals surface area contributed by atoms with Crippen molar-refractivity contribution in [3.05, 3.63) is 63.2 Å². The SMILES string of the molecule is Cc1nc2n(c(=O)c1CCN1CCC(c3noc4cc(F)ccc34)CC1)/C(=C/C(=O)O)CCC2.O=C(O)C(F)(F)F. The number of carboxylic acids is 2. The quantitative estimate of drug-likeness (QED) is 0.337. The van der Waals surface area contributed by atoms with E-state index in [1.165, 1.54) is 16.7 Å². The summed E-state index contributed by atoms with van der Waals surface area (Å²) in [5.41, 5.74) is 3.10. The predicted octanol–water partition coefficient (Wildman–Crippen LogP) is 4.15. The summed E-state index contributed by atoms with van der Waals surface area (Å²) in [4.78, 5) is 40.4. The van der Waals surface area contributed by atoms with Crippen molar-refractivity contribution < 1.29 is 41.9 Å². The molecule has 1 fully saturated rings. The van der Waals surface area contributed by atoms with Gasteiger partial charge < -0.3 is 19.6 Å². The number of carboxylic acid groups (broad SMARTS) is 2. The number of allylic oxidation sites excluding steroid dienone is 1. The summed E-state index contributed by atoms with van der Waals surface area (Å²) in [5.74, 6) is -3.24. The summed E-state index contributed by atoms with van der Waals surface area (Å²) in [6.07, 6.45) is 0.433. The molecule has 0 bridgehead atoms. The zero-order chi connectivity index (χ0) is 29.9. The van der Waals surface area contributed by atoms with E-state index < -0.39 is 18.1 Å². The molecule has 0 saturated carbocycles. The van der Waals surface area contributed by atoms with Crippen LogP contribution in [0.5, 0.6) is 0 Å². The Hall–Kier alpha value is -4.07. The van der Waals surface area contributed by atoms with Gasteiger partial charge in [0.1, 0.15) is 11.6 Å². The molecule has 10 nitrogen and oxygen atoms in total. The average molecular weight is 581 g/mol. The molecule has 1 aromatic carbocycles. The van der Waals surface area contributed by atoms with Gasteiger partial charge in [0.25, 0.3) is 5.56 Å². The summed E-state index contributed by atoms with van der Waals surface area (Å²) < 4.78 is 52.0. The highest BCUT2D eigenvalue weighted by atomic mass is 19.4.